The van der Waals surface area contributed by atoms with Crippen molar-refractivity contribution in [3.05, 3.63) is 57.0 Å². The zero-order valence-corrected chi connectivity index (χ0v) is 13.5. The maximum absolute atomic E-state index is 12.3. The van der Waals surface area contributed by atoms with E-state index in [2.05, 4.69) is 0 Å². The van der Waals surface area contributed by atoms with Crippen molar-refractivity contribution in [3.63, 3.8) is 0 Å². The predicted molar refractivity (Wildman–Crippen MR) is 89.4 cm³/mol. The molecule has 1 amide bonds. The van der Waals surface area contributed by atoms with Crippen molar-refractivity contribution in [1.29, 1.82) is 0 Å². The van der Waals surface area contributed by atoms with Gasteiger partial charge in [-0.2, -0.15) is 0 Å². The lowest BCUT2D eigenvalue weighted by atomic mass is 10.1. The van der Waals surface area contributed by atoms with Gasteiger partial charge in [0.05, 0.1) is 27.8 Å². The maximum Gasteiger partial charge on any atom is 0.231 e. The minimum Gasteiger partial charge on any atom is -0.397 e. The smallest absolute Gasteiger partial charge is 0.231 e. The number of rotatable bonds is 3. The van der Waals surface area contributed by atoms with Gasteiger partial charge < -0.3 is 10.6 Å². The fourth-order valence-corrected chi connectivity index (χ4v) is 2.37. The summed E-state index contributed by atoms with van der Waals surface area (Å²) >= 11 is 17.7. The Morgan fingerprint density at radius 1 is 1.10 bits per heavy atom. The molecule has 0 spiro atoms. The van der Waals surface area contributed by atoms with Gasteiger partial charge in [0.1, 0.15) is 0 Å². The summed E-state index contributed by atoms with van der Waals surface area (Å²) in [4.78, 5) is 13.8. The number of halogens is 3. The number of nitrogen functional groups attached to an aromatic ring is 1. The second-order valence-electron chi connectivity index (χ2n) is 4.58. The molecular formula is C15H13Cl3N2O. The summed E-state index contributed by atoms with van der Waals surface area (Å²) in [5.74, 6) is -0.123. The first kappa shape index (κ1) is 16.0. The minimum absolute atomic E-state index is 0.123. The Morgan fingerprint density at radius 3 is 2.48 bits per heavy atom. The van der Waals surface area contributed by atoms with Crippen molar-refractivity contribution in [1.82, 2.24) is 0 Å². The summed E-state index contributed by atoms with van der Waals surface area (Å²) in [6.45, 7) is 0. The summed E-state index contributed by atoms with van der Waals surface area (Å²) in [5.41, 5.74) is 7.72. The number of carbonyl (C=O) groups excluding carboxylic acids is 1. The van der Waals surface area contributed by atoms with Crippen molar-refractivity contribution in [3.8, 4) is 0 Å². The highest BCUT2D eigenvalue weighted by Gasteiger charge is 2.15. The molecule has 0 unspecified atom stereocenters. The zero-order chi connectivity index (χ0) is 15.6. The molecule has 6 heteroatoms. The van der Waals surface area contributed by atoms with Crippen LogP contribution in [-0.2, 0) is 11.2 Å². The van der Waals surface area contributed by atoms with Crippen LogP contribution in [0.1, 0.15) is 5.56 Å². The fourth-order valence-electron chi connectivity index (χ4n) is 1.88. The van der Waals surface area contributed by atoms with E-state index in [1.165, 1.54) is 4.90 Å². The van der Waals surface area contributed by atoms with Crippen molar-refractivity contribution >= 4 is 52.1 Å². The highest BCUT2D eigenvalue weighted by atomic mass is 35.5. The van der Waals surface area contributed by atoms with E-state index in [1.54, 1.807) is 43.4 Å². The van der Waals surface area contributed by atoms with Crippen molar-refractivity contribution in [2.75, 3.05) is 17.7 Å². The van der Waals surface area contributed by atoms with E-state index >= 15 is 0 Å². The van der Waals surface area contributed by atoms with Crippen LogP contribution in [0.3, 0.4) is 0 Å². The number of anilines is 2. The number of nitrogens with two attached hydrogens (primary N) is 1. The van der Waals surface area contributed by atoms with Crippen LogP contribution in [-0.4, -0.2) is 13.0 Å². The number of nitrogens with zero attached hydrogens (tertiary/aromatic N) is 1. The summed E-state index contributed by atoms with van der Waals surface area (Å²) < 4.78 is 0. The Labute approximate surface area is 138 Å². The first-order valence-corrected chi connectivity index (χ1v) is 7.27. The molecule has 2 aromatic carbocycles. The SMILES string of the molecule is CN(C(=O)Cc1ccc(Cl)c(Cl)c1)c1cc(Cl)ccc1N. The molecular weight excluding hydrogens is 331 g/mol. The molecule has 0 heterocycles. The van der Waals surface area contributed by atoms with Gasteiger partial charge in [-0.05, 0) is 35.9 Å². The molecule has 0 radical (unpaired) electrons. The second-order valence-corrected chi connectivity index (χ2v) is 5.83. The van der Waals surface area contributed by atoms with E-state index in [9.17, 15) is 4.79 Å². The topological polar surface area (TPSA) is 46.3 Å². The van der Waals surface area contributed by atoms with Gasteiger partial charge in [0, 0.05) is 12.1 Å². The van der Waals surface area contributed by atoms with Crippen LogP contribution in [0.4, 0.5) is 11.4 Å². The predicted octanol–water partition coefficient (Wildman–Crippen LogP) is 4.43. The van der Waals surface area contributed by atoms with E-state index in [1.807, 2.05) is 0 Å². The molecule has 2 aromatic rings. The number of hydrogen-bond acceptors (Lipinski definition) is 2. The minimum atomic E-state index is -0.123. The van der Waals surface area contributed by atoms with E-state index in [-0.39, 0.29) is 12.3 Å². The molecule has 21 heavy (non-hydrogen) atoms. The molecule has 2 rings (SSSR count). The molecule has 0 aliphatic rings. The quantitative estimate of drug-likeness (QED) is 0.838. The van der Waals surface area contributed by atoms with E-state index in [0.29, 0.717) is 26.4 Å². The molecule has 0 saturated carbocycles. The van der Waals surface area contributed by atoms with Gasteiger partial charge in [0.2, 0.25) is 5.91 Å². The van der Waals surface area contributed by atoms with Crippen molar-refractivity contribution in [2.24, 2.45) is 0 Å². The van der Waals surface area contributed by atoms with E-state index in [0.717, 1.165) is 5.56 Å². The Kier molecular flexibility index (Phi) is 4.99. The average Bonchev–Trinajstić information content (AvgIpc) is 2.44. The van der Waals surface area contributed by atoms with Gasteiger partial charge in [-0.3, -0.25) is 4.79 Å². The summed E-state index contributed by atoms with van der Waals surface area (Å²) in [6.07, 6.45) is 0.194. The molecule has 3 nitrogen and oxygen atoms in total. The van der Waals surface area contributed by atoms with E-state index < -0.39 is 0 Å². The Morgan fingerprint density at radius 2 is 1.81 bits per heavy atom. The molecule has 0 fully saturated rings. The highest BCUT2D eigenvalue weighted by Crippen LogP contribution is 2.27. The lowest BCUT2D eigenvalue weighted by molar-refractivity contribution is -0.117. The standard InChI is InChI=1S/C15H13Cl3N2O/c1-20(14-8-10(16)3-5-13(14)19)15(21)7-9-2-4-11(17)12(18)6-9/h2-6,8H,7,19H2,1H3. The number of carbonyl (C=O) groups is 1. The summed E-state index contributed by atoms with van der Waals surface area (Å²) in [5, 5.41) is 1.40. The van der Waals surface area contributed by atoms with Crippen LogP contribution < -0.4 is 10.6 Å². The number of amides is 1. The van der Waals surface area contributed by atoms with Gasteiger partial charge in [-0.1, -0.05) is 40.9 Å². The van der Waals surface area contributed by atoms with Crippen molar-refractivity contribution < 1.29 is 4.79 Å². The first-order valence-electron chi connectivity index (χ1n) is 6.14. The fraction of sp³-hybridized carbons (Fsp3) is 0.133. The Hall–Kier alpha value is -1.42. The van der Waals surface area contributed by atoms with Gasteiger partial charge in [-0.15, -0.1) is 0 Å². The first-order chi connectivity index (χ1) is 9.88. The summed E-state index contributed by atoms with van der Waals surface area (Å²) in [6, 6.07) is 10.1. The van der Waals surface area contributed by atoms with Crippen LogP contribution in [0, 0.1) is 0 Å². The molecule has 2 N–H and O–H groups in total. The zero-order valence-electron chi connectivity index (χ0n) is 11.2. The molecule has 0 aliphatic heterocycles. The third-order valence-corrected chi connectivity index (χ3v) is 4.04. The Balaban J connectivity index is 2.19. The van der Waals surface area contributed by atoms with Gasteiger partial charge in [0.15, 0.2) is 0 Å². The van der Waals surface area contributed by atoms with Crippen LogP contribution in [0.5, 0.6) is 0 Å². The normalized spacial score (nSPS) is 10.5. The van der Waals surface area contributed by atoms with Crippen LogP contribution in [0.2, 0.25) is 15.1 Å². The third-order valence-electron chi connectivity index (χ3n) is 3.07. The molecule has 110 valence electrons. The van der Waals surface area contributed by atoms with Gasteiger partial charge in [0.25, 0.3) is 0 Å². The second kappa shape index (κ2) is 6.56. The average molecular weight is 344 g/mol. The molecule has 0 atom stereocenters. The monoisotopic (exact) mass is 342 g/mol. The number of benzene rings is 2. The molecule has 0 saturated heterocycles. The van der Waals surface area contributed by atoms with Crippen LogP contribution >= 0.6 is 34.8 Å². The lowest BCUT2D eigenvalue weighted by Crippen LogP contribution is -2.28. The molecule has 0 aliphatic carbocycles. The van der Waals surface area contributed by atoms with Gasteiger partial charge in [-0.25, -0.2) is 0 Å². The number of likely N-dealkylation sites (N-methyl/N-ethyl adjacent to an activating group) is 1. The van der Waals surface area contributed by atoms with E-state index in [4.69, 9.17) is 40.5 Å². The molecule has 0 bridgehead atoms. The molecule has 0 aromatic heterocycles. The lowest BCUT2D eigenvalue weighted by Gasteiger charge is -2.19. The van der Waals surface area contributed by atoms with Gasteiger partial charge >= 0.3 is 0 Å². The Bertz CT molecular complexity index is 689. The highest BCUT2D eigenvalue weighted by molar-refractivity contribution is 6.42. The van der Waals surface area contributed by atoms with Crippen molar-refractivity contribution in [2.45, 2.75) is 6.42 Å². The van der Waals surface area contributed by atoms with Crippen LogP contribution in [0.15, 0.2) is 36.4 Å². The summed E-state index contributed by atoms with van der Waals surface area (Å²) in [7, 11) is 1.65. The largest absolute Gasteiger partial charge is 0.397 e. The maximum atomic E-state index is 12.3. The van der Waals surface area contributed by atoms with Crippen LogP contribution in [0.25, 0.3) is 0 Å². The third kappa shape index (κ3) is 3.82. The number of hydrogen-bond donors (Lipinski definition) is 1.